The molecule has 19 heavy (non-hydrogen) atoms. The SMILES string of the molecule is NC(=S)c1ccc(N(CCCO)C2CCC2)cc1F. The van der Waals surface area contributed by atoms with Crippen LogP contribution < -0.4 is 10.6 Å². The van der Waals surface area contributed by atoms with Crippen molar-refractivity contribution in [3.8, 4) is 0 Å². The van der Waals surface area contributed by atoms with Crippen LogP contribution in [0.15, 0.2) is 18.2 Å². The third kappa shape index (κ3) is 3.22. The molecule has 0 aromatic heterocycles. The van der Waals surface area contributed by atoms with Crippen molar-refractivity contribution < 1.29 is 9.50 Å². The van der Waals surface area contributed by atoms with Crippen molar-refractivity contribution in [2.24, 2.45) is 5.73 Å². The number of hydrogen-bond acceptors (Lipinski definition) is 3. The van der Waals surface area contributed by atoms with Gasteiger partial charge in [-0.15, -0.1) is 0 Å². The molecule has 0 aliphatic heterocycles. The molecule has 1 aliphatic rings. The summed E-state index contributed by atoms with van der Waals surface area (Å²) >= 11 is 4.81. The maximum Gasteiger partial charge on any atom is 0.135 e. The fourth-order valence-corrected chi connectivity index (χ4v) is 2.51. The monoisotopic (exact) mass is 282 g/mol. The number of aliphatic hydroxyl groups is 1. The summed E-state index contributed by atoms with van der Waals surface area (Å²) in [5, 5.41) is 8.97. The third-order valence-electron chi connectivity index (χ3n) is 3.62. The summed E-state index contributed by atoms with van der Waals surface area (Å²) in [6.07, 6.45) is 4.16. The number of hydrogen-bond donors (Lipinski definition) is 2. The summed E-state index contributed by atoms with van der Waals surface area (Å²) < 4.78 is 13.9. The average Bonchev–Trinajstić information content (AvgIpc) is 2.31. The van der Waals surface area contributed by atoms with Crippen LogP contribution in [-0.2, 0) is 0 Å². The Hall–Kier alpha value is -1.20. The molecule has 104 valence electrons. The van der Waals surface area contributed by atoms with Gasteiger partial charge in [-0.25, -0.2) is 4.39 Å². The van der Waals surface area contributed by atoms with Gasteiger partial charge in [0.1, 0.15) is 10.8 Å². The molecule has 1 aromatic rings. The zero-order valence-electron chi connectivity index (χ0n) is 10.8. The molecule has 0 atom stereocenters. The fourth-order valence-electron chi connectivity index (χ4n) is 2.34. The van der Waals surface area contributed by atoms with E-state index in [4.69, 9.17) is 23.1 Å². The molecule has 1 aliphatic carbocycles. The second-order valence-corrected chi connectivity index (χ2v) is 5.32. The smallest absolute Gasteiger partial charge is 0.135 e. The van der Waals surface area contributed by atoms with Crippen LogP contribution in [-0.4, -0.2) is 29.3 Å². The normalized spacial score (nSPS) is 15.1. The maximum absolute atomic E-state index is 13.9. The van der Waals surface area contributed by atoms with Gasteiger partial charge in [-0.2, -0.15) is 0 Å². The molecule has 1 saturated carbocycles. The Labute approximate surface area is 118 Å². The van der Waals surface area contributed by atoms with E-state index in [-0.39, 0.29) is 23.0 Å². The van der Waals surface area contributed by atoms with Crippen molar-refractivity contribution in [2.45, 2.75) is 31.7 Å². The predicted octanol–water partition coefficient (Wildman–Crippen LogP) is 2.20. The first-order valence-electron chi connectivity index (χ1n) is 6.60. The summed E-state index contributed by atoms with van der Waals surface area (Å²) in [5.74, 6) is -0.377. The van der Waals surface area contributed by atoms with Gasteiger partial charge in [0.25, 0.3) is 0 Å². The lowest BCUT2D eigenvalue weighted by molar-refractivity contribution is 0.283. The molecule has 3 nitrogen and oxygen atoms in total. The summed E-state index contributed by atoms with van der Waals surface area (Å²) in [5.41, 5.74) is 6.59. The van der Waals surface area contributed by atoms with E-state index in [0.717, 1.165) is 25.1 Å². The van der Waals surface area contributed by atoms with E-state index >= 15 is 0 Å². The van der Waals surface area contributed by atoms with Crippen LogP contribution in [0.4, 0.5) is 10.1 Å². The molecule has 1 aromatic carbocycles. The molecular formula is C14H19FN2OS. The Morgan fingerprint density at radius 3 is 2.68 bits per heavy atom. The summed E-state index contributed by atoms with van der Waals surface area (Å²) in [7, 11) is 0. The van der Waals surface area contributed by atoms with E-state index in [1.165, 1.54) is 12.5 Å². The molecular weight excluding hydrogens is 263 g/mol. The summed E-state index contributed by atoms with van der Waals surface area (Å²) in [4.78, 5) is 2.25. The van der Waals surface area contributed by atoms with Crippen molar-refractivity contribution in [1.29, 1.82) is 0 Å². The molecule has 5 heteroatoms. The maximum atomic E-state index is 13.9. The number of halogens is 1. The van der Waals surface area contributed by atoms with Gasteiger partial charge in [0.05, 0.1) is 0 Å². The van der Waals surface area contributed by atoms with E-state index in [1.807, 2.05) is 6.07 Å². The molecule has 0 bridgehead atoms. The molecule has 2 rings (SSSR count). The first-order chi connectivity index (χ1) is 9.13. The van der Waals surface area contributed by atoms with Crippen LogP contribution in [0, 0.1) is 5.82 Å². The van der Waals surface area contributed by atoms with Gasteiger partial charge in [-0.1, -0.05) is 12.2 Å². The number of nitrogens with two attached hydrogens (primary N) is 1. The molecule has 0 unspecified atom stereocenters. The van der Waals surface area contributed by atoms with Crippen LogP contribution in [0.25, 0.3) is 0 Å². The van der Waals surface area contributed by atoms with Gasteiger partial charge in [0.2, 0.25) is 0 Å². The van der Waals surface area contributed by atoms with Gasteiger partial charge in [0.15, 0.2) is 0 Å². The first-order valence-corrected chi connectivity index (χ1v) is 7.01. The standard InChI is InChI=1S/C14H19FN2OS/c15-13-9-11(5-6-12(13)14(16)19)17(7-2-8-18)10-3-1-4-10/h5-6,9-10,18H,1-4,7-8H2,(H2,16,19). The third-order valence-corrected chi connectivity index (χ3v) is 3.84. The Morgan fingerprint density at radius 1 is 1.47 bits per heavy atom. The van der Waals surface area contributed by atoms with Gasteiger partial charge < -0.3 is 15.7 Å². The predicted molar refractivity (Wildman–Crippen MR) is 79.0 cm³/mol. The van der Waals surface area contributed by atoms with E-state index in [2.05, 4.69) is 4.90 Å². The lowest BCUT2D eigenvalue weighted by atomic mass is 9.90. The highest BCUT2D eigenvalue weighted by atomic mass is 32.1. The Morgan fingerprint density at radius 2 is 2.21 bits per heavy atom. The molecule has 1 fully saturated rings. The second-order valence-electron chi connectivity index (χ2n) is 4.88. The van der Waals surface area contributed by atoms with Crippen LogP contribution >= 0.6 is 12.2 Å². The van der Waals surface area contributed by atoms with Crippen molar-refractivity contribution >= 4 is 22.9 Å². The van der Waals surface area contributed by atoms with Crippen molar-refractivity contribution in [1.82, 2.24) is 0 Å². The largest absolute Gasteiger partial charge is 0.396 e. The van der Waals surface area contributed by atoms with Gasteiger partial charge in [-0.05, 0) is 43.9 Å². The number of rotatable bonds is 6. The zero-order valence-corrected chi connectivity index (χ0v) is 11.6. The average molecular weight is 282 g/mol. The van der Waals surface area contributed by atoms with Gasteiger partial charge in [0, 0.05) is 30.4 Å². The quantitative estimate of drug-likeness (QED) is 0.785. The van der Waals surface area contributed by atoms with E-state index in [1.54, 1.807) is 6.07 Å². The second kappa shape index (κ2) is 6.30. The van der Waals surface area contributed by atoms with Gasteiger partial charge in [-0.3, -0.25) is 0 Å². The number of anilines is 1. The van der Waals surface area contributed by atoms with Crippen molar-refractivity contribution in [3.63, 3.8) is 0 Å². The van der Waals surface area contributed by atoms with Gasteiger partial charge >= 0.3 is 0 Å². The minimum absolute atomic E-state index is 0.0783. The van der Waals surface area contributed by atoms with E-state index in [9.17, 15) is 4.39 Å². The zero-order chi connectivity index (χ0) is 13.8. The molecule has 0 saturated heterocycles. The minimum Gasteiger partial charge on any atom is -0.396 e. The number of nitrogens with zero attached hydrogens (tertiary/aromatic N) is 1. The van der Waals surface area contributed by atoms with Crippen molar-refractivity contribution in [2.75, 3.05) is 18.1 Å². The molecule has 0 spiro atoms. The van der Waals surface area contributed by atoms with E-state index in [0.29, 0.717) is 12.5 Å². The fraction of sp³-hybridized carbons (Fsp3) is 0.500. The Kier molecular flexibility index (Phi) is 4.71. The number of benzene rings is 1. The molecule has 0 amide bonds. The first kappa shape index (κ1) is 14.2. The molecule has 0 radical (unpaired) electrons. The highest BCUT2D eigenvalue weighted by Gasteiger charge is 2.25. The highest BCUT2D eigenvalue weighted by molar-refractivity contribution is 7.80. The van der Waals surface area contributed by atoms with E-state index < -0.39 is 0 Å². The van der Waals surface area contributed by atoms with Crippen LogP contribution in [0.3, 0.4) is 0 Å². The number of thiocarbonyl (C=S) groups is 1. The lowest BCUT2D eigenvalue weighted by Crippen LogP contribution is -2.41. The topological polar surface area (TPSA) is 49.5 Å². The van der Waals surface area contributed by atoms with Crippen LogP contribution in [0.1, 0.15) is 31.2 Å². The van der Waals surface area contributed by atoms with Crippen LogP contribution in [0.5, 0.6) is 0 Å². The van der Waals surface area contributed by atoms with Crippen LogP contribution in [0.2, 0.25) is 0 Å². The summed E-state index contributed by atoms with van der Waals surface area (Å²) in [6, 6.07) is 5.44. The Bertz CT molecular complexity index is 463. The molecule has 0 heterocycles. The summed E-state index contributed by atoms with van der Waals surface area (Å²) in [6.45, 7) is 0.893. The minimum atomic E-state index is -0.377. The lowest BCUT2D eigenvalue weighted by Gasteiger charge is -2.39. The number of aliphatic hydroxyl groups excluding tert-OH is 1. The highest BCUT2D eigenvalue weighted by Crippen LogP contribution is 2.30. The molecule has 3 N–H and O–H groups in total. The van der Waals surface area contributed by atoms with Crippen molar-refractivity contribution in [3.05, 3.63) is 29.6 Å². The Balaban J connectivity index is 2.20.